The van der Waals surface area contributed by atoms with Gasteiger partial charge in [-0.15, -0.1) is 0 Å². The van der Waals surface area contributed by atoms with Crippen molar-refractivity contribution >= 4 is 19.9 Å². The summed E-state index contributed by atoms with van der Waals surface area (Å²) in [5.41, 5.74) is 0.760. The van der Waals surface area contributed by atoms with Gasteiger partial charge in [0.1, 0.15) is 25.4 Å². The molecule has 2 N–H and O–H groups in total. The predicted molar refractivity (Wildman–Crippen MR) is 179 cm³/mol. The van der Waals surface area contributed by atoms with Crippen molar-refractivity contribution in [3.63, 3.8) is 0 Å². The minimum atomic E-state index is -4.48. The molecule has 0 saturated heterocycles. The van der Waals surface area contributed by atoms with E-state index in [4.69, 9.17) is 18.7 Å². The van der Waals surface area contributed by atoms with Crippen molar-refractivity contribution in [1.29, 1.82) is 0 Å². The zero-order chi connectivity index (χ0) is 35.6. The zero-order valence-electron chi connectivity index (χ0n) is 26.5. The molecule has 10 nitrogen and oxygen atoms in total. The number of rotatable bonds is 9. The summed E-state index contributed by atoms with van der Waals surface area (Å²) in [6, 6.07) is 8.25. The van der Waals surface area contributed by atoms with Gasteiger partial charge < -0.3 is 24.4 Å². The van der Waals surface area contributed by atoms with Gasteiger partial charge in [-0.25, -0.2) is 9.36 Å². The summed E-state index contributed by atoms with van der Waals surface area (Å²) in [5, 5.41) is 2.66. The summed E-state index contributed by atoms with van der Waals surface area (Å²) >= 11 is 0. The second-order valence-corrected chi connectivity index (χ2v) is 10.5. The Morgan fingerprint density at radius 3 is 1.78 bits per heavy atom. The van der Waals surface area contributed by atoms with Crippen molar-refractivity contribution in [2.24, 2.45) is 5.92 Å². The van der Waals surface area contributed by atoms with Gasteiger partial charge in [-0.2, -0.15) is 0 Å². The predicted octanol–water partition coefficient (Wildman–Crippen LogP) is 2.05. The molecule has 1 fully saturated rings. The van der Waals surface area contributed by atoms with Crippen LogP contribution in [-0.4, -0.2) is 56.0 Å². The average molecular weight is 672 g/mol. The standard InChI is InChI=1S/C38H26NO9P/c1-4-5-6-7-8-9-10-11-12-13-14-15-16-17-18-19-20-21-25-28-35(40)39-34-29-33(36(37(34)44-2)48-49(42,43)45-3)31-47-38(41)46-30-32-26-23-22-24-27-32/h22-24,26-27,33-34,36-37H,29-31H2,1-3H3,(H,39,40)(H,42,43)/t33-,34-,36?,37-/m1/s1. The Balaban J connectivity index is 1.93. The van der Waals surface area contributed by atoms with Crippen LogP contribution in [0.25, 0.3) is 0 Å². The minimum absolute atomic E-state index is 0.00818. The van der Waals surface area contributed by atoms with Crippen LogP contribution >= 0.6 is 7.82 Å². The van der Waals surface area contributed by atoms with Gasteiger partial charge in [0.05, 0.1) is 6.04 Å². The molecule has 1 saturated carbocycles. The van der Waals surface area contributed by atoms with Crippen molar-refractivity contribution < 1.29 is 42.3 Å². The number of benzene rings is 1. The maximum absolute atomic E-state index is 12.5. The lowest BCUT2D eigenvalue weighted by Crippen LogP contribution is -2.44. The number of hydrogen-bond donors (Lipinski definition) is 2. The lowest BCUT2D eigenvalue weighted by atomic mass is 10.1. The highest BCUT2D eigenvalue weighted by molar-refractivity contribution is 7.47. The first-order chi connectivity index (χ1) is 23.8. The van der Waals surface area contributed by atoms with Crippen LogP contribution in [0.5, 0.6) is 0 Å². The number of phosphoric acid groups is 1. The highest BCUT2D eigenvalue weighted by Gasteiger charge is 2.48. The number of hydrogen-bond acceptors (Lipinski definition) is 8. The van der Waals surface area contributed by atoms with Gasteiger partial charge in [-0.1, -0.05) is 36.3 Å². The van der Waals surface area contributed by atoms with Crippen molar-refractivity contribution in [3.05, 3.63) is 35.9 Å². The van der Waals surface area contributed by atoms with Gasteiger partial charge >= 0.3 is 14.0 Å². The molecule has 2 unspecified atom stereocenters. The second-order valence-electron chi connectivity index (χ2n) is 8.96. The molecule has 1 aromatic rings. The molecule has 11 heteroatoms. The van der Waals surface area contributed by atoms with Crippen molar-refractivity contribution in [2.75, 3.05) is 20.8 Å². The molecule has 0 bridgehead atoms. The summed E-state index contributed by atoms with van der Waals surface area (Å²) in [4.78, 5) is 34.6. The van der Waals surface area contributed by atoms with Gasteiger partial charge in [0.25, 0.3) is 5.91 Å². The van der Waals surface area contributed by atoms with Crippen molar-refractivity contribution in [2.45, 2.75) is 38.2 Å². The molecule has 5 atom stereocenters. The summed E-state index contributed by atoms with van der Waals surface area (Å²) in [6.07, 6.45) is -2.82. The van der Waals surface area contributed by atoms with Crippen LogP contribution in [0.3, 0.4) is 0 Å². The molecule has 1 aliphatic carbocycles. The first-order valence-electron chi connectivity index (χ1n) is 14.0. The summed E-state index contributed by atoms with van der Waals surface area (Å²) in [7, 11) is -2.15. The molecular weight excluding hydrogens is 645 g/mol. The van der Waals surface area contributed by atoms with Crippen LogP contribution in [0.15, 0.2) is 30.3 Å². The lowest BCUT2D eigenvalue weighted by molar-refractivity contribution is -0.117. The maximum Gasteiger partial charge on any atom is 0.508 e. The molecule has 0 heterocycles. The van der Waals surface area contributed by atoms with Gasteiger partial charge in [-0.05, 0) is 114 Å². The molecule has 0 radical (unpaired) electrons. The number of carbonyl (C=O) groups is 2. The third-order valence-electron chi connectivity index (χ3n) is 5.79. The SMILES string of the molecule is CC#CC#CC#CC#CC#CC#CC#CC#CC#CC#CC(=O)N[C@@H]1C[C@H](COC(=O)OCc2ccccc2)C(OP(=O)(O)OC)[C@@H]1OC. The fourth-order valence-corrected chi connectivity index (χ4v) is 4.51. The molecule has 242 valence electrons. The molecule has 0 aliphatic heterocycles. The Morgan fingerprint density at radius 1 is 0.776 bits per heavy atom. The quantitative estimate of drug-likeness (QED) is 0.230. The van der Waals surface area contributed by atoms with E-state index in [1.807, 2.05) is 6.07 Å². The molecule has 1 amide bonds. The first kappa shape index (κ1) is 38.8. The topological polar surface area (TPSA) is 130 Å². The van der Waals surface area contributed by atoms with Crippen LogP contribution in [0.2, 0.25) is 0 Å². The van der Waals surface area contributed by atoms with E-state index in [0.29, 0.717) is 0 Å². The normalized spacial score (nSPS) is 16.9. The monoisotopic (exact) mass is 671 g/mol. The molecule has 2 rings (SSSR count). The van der Waals surface area contributed by atoms with Crippen LogP contribution in [-0.2, 0) is 39.2 Å². The van der Waals surface area contributed by atoms with Gasteiger partial charge in [0.15, 0.2) is 0 Å². The van der Waals surface area contributed by atoms with Gasteiger partial charge in [0, 0.05) is 37.9 Å². The minimum Gasteiger partial charge on any atom is -0.434 e. The van der Waals surface area contributed by atoms with E-state index in [1.165, 1.54) is 7.11 Å². The number of ether oxygens (including phenoxy) is 3. The van der Waals surface area contributed by atoms with Gasteiger partial charge in [-0.3, -0.25) is 13.8 Å². The van der Waals surface area contributed by atoms with E-state index >= 15 is 0 Å². The Morgan fingerprint density at radius 2 is 1.29 bits per heavy atom. The van der Waals surface area contributed by atoms with Crippen molar-refractivity contribution in [3.8, 4) is 118 Å². The summed E-state index contributed by atoms with van der Waals surface area (Å²) in [5.74, 6) is 48.0. The number of methoxy groups -OCH3 is 1. The molecular formula is C38H26NO9P. The Bertz CT molecular complexity index is 2060. The first-order valence-corrected chi connectivity index (χ1v) is 15.5. The van der Waals surface area contributed by atoms with E-state index < -0.39 is 44.1 Å². The zero-order valence-corrected chi connectivity index (χ0v) is 27.4. The summed E-state index contributed by atoms with van der Waals surface area (Å²) in [6.45, 7) is 1.40. The van der Waals surface area contributed by atoms with E-state index in [-0.39, 0.29) is 19.6 Å². The molecule has 0 spiro atoms. The molecule has 0 aromatic heterocycles. The fraction of sp³-hybridized carbons (Fsp3) is 0.263. The highest BCUT2D eigenvalue weighted by atomic mass is 31.2. The lowest BCUT2D eigenvalue weighted by Gasteiger charge is -2.26. The van der Waals surface area contributed by atoms with Gasteiger partial charge in [0.2, 0.25) is 0 Å². The Labute approximate surface area is 286 Å². The Kier molecular flexibility index (Phi) is 18.2. The fourth-order valence-electron chi connectivity index (χ4n) is 3.83. The average Bonchev–Trinajstić information content (AvgIpc) is 3.41. The van der Waals surface area contributed by atoms with E-state index in [1.54, 1.807) is 31.2 Å². The number of amides is 1. The van der Waals surface area contributed by atoms with Crippen LogP contribution in [0.4, 0.5) is 4.79 Å². The molecule has 49 heavy (non-hydrogen) atoms. The van der Waals surface area contributed by atoms with E-state index in [9.17, 15) is 19.0 Å². The van der Waals surface area contributed by atoms with E-state index in [2.05, 4.69) is 128 Å². The number of nitrogens with one attached hydrogen (secondary N) is 1. The summed E-state index contributed by atoms with van der Waals surface area (Å²) < 4.78 is 37.9. The van der Waals surface area contributed by atoms with Crippen molar-refractivity contribution in [1.82, 2.24) is 5.32 Å². The highest BCUT2D eigenvalue weighted by Crippen LogP contribution is 2.48. The van der Waals surface area contributed by atoms with Crippen LogP contribution in [0, 0.1) is 124 Å². The second kappa shape index (κ2) is 23.0. The molecule has 1 aliphatic rings. The maximum atomic E-state index is 12.5. The number of phosphoric ester groups is 1. The molecule has 1 aromatic carbocycles. The van der Waals surface area contributed by atoms with E-state index in [0.717, 1.165) is 12.7 Å². The van der Waals surface area contributed by atoms with Crippen LogP contribution in [0.1, 0.15) is 18.9 Å². The smallest absolute Gasteiger partial charge is 0.434 e. The number of carbonyl (C=O) groups excluding carboxylic acids is 2. The third kappa shape index (κ3) is 16.7. The Hall–Kier alpha value is -6.37. The van der Waals surface area contributed by atoms with Crippen LogP contribution < -0.4 is 5.32 Å². The third-order valence-corrected chi connectivity index (χ3v) is 6.77. The largest absolute Gasteiger partial charge is 0.508 e.